The molecule has 0 saturated heterocycles. The Morgan fingerprint density at radius 2 is 1.63 bits per heavy atom. The lowest BCUT2D eigenvalue weighted by Gasteiger charge is -2.18. The Labute approximate surface area is 157 Å². The number of hydrogen-bond acceptors (Lipinski definition) is 4. The fourth-order valence-corrected chi connectivity index (χ4v) is 3.11. The van der Waals surface area contributed by atoms with E-state index in [1.165, 1.54) is 4.57 Å². The summed E-state index contributed by atoms with van der Waals surface area (Å²) in [5.41, 5.74) is 1.78. The van der Waals surface area contributed by atoms with Crippen LogP contribution in [-0.4, -0.2) is 22.2 Å². The van der Waals surface area contributed by atoms with Crippen LogP contribution in [0, 0.1) is 6.92 Å². The molecule has 1 N–H and O–H groups in total. The molecule has 0 spiro atoms. The molecule has 0 aliphatic carbocycles. The number of nitrogens with zero attached hydrogens (tertiary/aromatic N) is 1. The van der Waals surface area contributed by atoms with Gasteiger partial charge in [0.05, 0.1) is 13.2 Å². The van der Waals surface area contributed by atoms with Crippen molar-refractivity contribution in [1.29, 1.82) is 0 Å². The van der Waals surface area contributed by atoms with Gasteiger partial charge in [-0.1, -0.05) is 60.7 Å². The molecular formula is C22H21NO4. The molecule has 0 aliphatic rings. The molecule has 0 unspecified atom stereocenters. The quantitative estimate of drug-likeness (QED) is 0.701. The number of pyridine rings is 1. The molecule has 0 amide bonds. The minimum Gasteiger partial charge on any atom is -0.506 e. The van der Waals surface area contributed by atoms with Gasteiger partial charge < -0.3 is 14.4 Å². The Bertz CT molecular complexity index is 1010. The molecule has 3 aromatic rings. The van der Waals surface area contributed by atoms with Crippen molar-refractivity contribution in [3.8, 4) is 16.9 Å². The van der Waals surface area contributed by atoms with Crippen LogP contribution >= 0.6 is 0 Å². The Hall–Kier alpha value is -3.34. The standard InChI is InChI=1S/C22H21NO4/c1-3-27-22(26)19-20(24)18(17-12-8-5-9-13-17)15(2)23(21(19)25)14-16-10-6-4-7-11-16/h4-13,24H,3,14H2,1-2H3. The van der Waals surface area contributed by atoms with Gasteiger partial charge in [-0.3, -0.25) is 4.79 Å². The van der Waals surface area contributed by atoms with Crippen LogP contribution in [0.2, 0.25) is 0 Å². The van der Waals surface area contributed by atoms with Crippen LogP contribution in [-0.2, 0) is 11.3 Å². The maximum absolute atomic E-state index is 13.0. The second-order valence-corrected chi connectivity index (χ2v) is 6.15. The van der Waals surface area contributed by atoms with Gasteiger partial charge in [0.25, 0.3) is 5.56 Å². The summed E-state index contributed by atoms with van der Waals surface area (Å²) in [5.74, 6) is -1.16. The van der Waals surface area contributed by atoms with Gasteiger partial charge in [0.1, 0.15) is 5.75 Å². The molecule has 1 heterocycles. The minimum atomic E-state index is -0.820. The first-order valence-corrected chi connectivity index (χ1v) is 8.77. The number of aromatic hydroxyl groups is 1. The Morgan fingerprint density at radius 3 is 2.22 bits per heavy atom. The summed E-state index contributed by atoms with van der Waals surface area (Å²) in [6.07, 6.45) is 0. The number of aromatic nitrogens is 1. The highest BCUT2D eigenvalue weighted by atomic mass is 16.5. The van der Waals surface area contributed by atoms with E-state index in [0.29, 0.717) is 11.3 Å². The van der Waals surface area contributed by atoms with E-state index >= 15 is 0 Å². The molecule has 5 nitrogen and oxygen atoms in total. The summed E-state index contributed by atoms with van der Waals surface area (Å²) in [5, 5.41) is 10.8. The van der Waals surface area contributed by atoms with Crippen molar-refractivity contribution in [1.82, 2.24) is 4.57 Å². The summed E-state index contributed by atoms with van der Waals surface area (Å²) < 4.78 is 6.52. The second kappa shape index (κ2) is 7.91. The zero-order valence-electron chi connectivity index (χ0n) is 15.3. The first-order valence-electron chi connectivity index (χ1n) is 8.77. The average molecular weight is 363 g/mol. The van der Waals surface area contributed by atoms with Crippen LogP contribution in [0.15, 0.2) is 65.5 Å². The van der Waals surface area contributed by atoms with Gasteiger partial charge in [-0.25, -0.2) is 4.79 Å². The van der Waals surface area contributed by atoms with Crippen molar-refractivity contribution >= 4 is 5.97 Å². The Kier molecular flexibility index (Phi) is 5.41. The lowest BCUT2D eigenvalue weighted by molar-refractivity contribution is 0.0520. The van der Waals surface area contributed by atoms with Gasteiger partial charge in [-0.15, -0.1) is 0 Å². The second-order valence-electron chi connectivity index (χ2n) is 6.15. The van der Waals surface area contributed by atoms with E-state index in [2.05, 4.69) is 0 Å². The third kappa shape index (κ3) is 3.62. The number of carbonyl (C=O) groups excluding carboxylic acids is 1. The zero-order chi connectivity index (χ0) is 19.4. The lowest BCUT2D eigenvalue weighted by atomic mass is 10.00. The van der Waals surface area contributed by atoms with Gasteiger partial charge in [0, 0.05) is 11.3 Å². The van der Waals surface area contributed by atoms with Crippen LogP contribution in [0.4, 0.5) is 0 Å². The molecule has 0 aliphatic heterocycles. The predicted octanol–water partition coefficient (Wildman–Crippen LogP) is 3.75. The molecule has 2 aromatic carbocycles. The highest BCUT2D eigenvalue weighted by Gasteiger charge is 2.26. The maximum Gasteiger partial charge on any atom is 0.347 e. The lowest BCUT2D eigenvalue weighted by Crippen LogP contribution is -2.30. The highest BCUT2D eigenvalue weighted by molar-refractivity contribution is 5.95. The van der Waals surface area contributed by atoms with Crippen molar-refractivity contribution in [3.05, 3.63) is 87.8 Å². The third-order valence-corrected chi connectivity index (χ3v) is 4.42. The molecule has 0 radical (unpaired) electrons. The van der Waals surface area contributed by atoms with Crippen LogP contribution in [0.25, 0.3) is 11.1 Å². The molecule has 1 aromatic heterocycles. The Balaban J connectivity index is 2.28. The maximum atomic E-state index is 13.0. The average Bonchev–Trinajstić information content (AvgIpc) is 2.67. The van der Waals surface area contributed by atoms with E-state index in [4.69, 9.17) is 4.74 Å². The van der Waals surface area contributed by atoms with Gasteiger partial charge in [-0.2, -0.15) is 0 Å². The van der Waals surface area contributed by atoms with E-state index in [9.17, 15) is 14.7 Å². The molecule has 5 heteroatoms. The fraction of sp³-hybridized carbons (Fsp3) is 0.182. The van der Waals surface area contributed by atoms with Gasteiger partial charge in [0.15, 0.2) is 5.56 Å². The van der Waals surface area contributed by atoms with E-state index in [1.807, 2.05) is 60.7 Å². The first kappa shape index (κ1) is 18.5. The summed E-state index contributed by atoms with van der Waals surface area (Å²) in [7, 11) is 0. The summed E-state index contributed by atoms with van der Waals surface area (Å²) in [6.45, 7) is 3.83. The SMILES string of the molecule is CCOC(=O)c1c(O)c(-c2ccccc2)c(C)n(Cc2ccccc2)c1=O. The van der Waals surface area contributed by atoms with E-state index in [-0.39, 0.29) is 24.5 Å². The van der Waals surface area contributed by atoms with Crippen molar-refractivity contribution < 1.29 is 14.6 Å². The van der Waals surface area contributed by atoms with Crippen molar-refractivity contribution in [2.45, 2.75) is 20.4 Å². The minimum absolute atomic E-state index is 0.116. The highest BCUT2D eigenvalue weighted by Crippen LogP contribution is 2.34. The molecule has 0 fully saturated rings. The number of hydrogen-bond donors (Lipinski definition) is 1. The Morgan fingerprint density at radius 1 is 1.04 bits per heavy atom. The summed E-state index contributed by atoms with van der Waals surface area (Å²) >= 11 is 0. The van der Waals surface area contributed by atoms with Crippen molar-refractivity contribution in [3.63, 3.8) is 0 Å². The van der Waals surface area contributed by atoms with E-state index in [1.54, 1.807) is 13.8 Å². The molecule has 138 valence electrons. The first-order chi connectivity index (χ1) is 13.0. The van der Waals surface area contributed by atoms with Gasteiger partial charge >= 0.3 is 5.97 Å². The summed E-state index contributed by atoms with van der Waals surface area (Å²) in [6, 6.07) is 18.7. The number of carbonyl (C=O) groups is 1. The topological polar surface area (TPSA) is 68.5 Å². The van der Waals surface area contributed by atoms with Crippen LogP contribution < -0.4 is 5.56 Å². The van der Waals surface area contributed by atoms with Gasteiger partial charge in [0.2, 0.25) is 0 Å². The largest absolute Gasteiger partial charge is 0.506 e. The predicted molar refractivity (Wildman–Crippen MR) is 104 cm³/mol. The van der Waals surface area contributed by atoms with E-state index in [0.717, 1.165) is 11.1 Å². The van der Waals surface area contributed by atoms with E-state index < -0.39 is 11.5 Å². The third-order valence-electron chi connectivity index (χ3n) is 4.42. The molecule has 0 bridgehead atoms. The van der Waals surface area contributed by atoms with Gasteiger partial charge in [-0.05, 0) is 25.0 Å². The van der Waals surface area contributed by atoms with Crippen molar-refractivity contribution in [2.24, 2.45) is 0 Å². The molecule has 3 rings (SSSR count). The number of benzene rings is 2. The van der Waals surface area contributed by atoms with Crippen molar-refractivity contribution in [2.75, 3.05) is 6.61 Å². The van der Waals surface area contributed by atoms with Crippen LogP contribution in [0.1, 0.15) is 28.5 Å². The molecule has 0 saturated carbocycles. The fourth-order valence-electron chi connectivity index (χ4n) is 3.11. The summed E-state index contributed by atoms with van der Waals surface area (Å²) in [4.78, 5) is 25.4. The normalized spacial score (nSPS) is 10.6. The smallest absolute Gasteiger partial charge is 0.347 e. The molecule has 27 heavy (non-hydrogen) atoms. The number of rotatable bonds is 5. The number of ether oxygens (including phenoxy) is 1. The monoisotopic (exact) mass is 363 g/mol. The zero-order valence-corrected chi connectivity index (χ0v) is 15.3. The molecule has 0 atom stereocenters. The van der Waals surface area contributed by atoms with Crippen LogP contribution in [0.3, 0.4) is 0 Å². The number of esters is 1. The molecular weight excluding hydrogens is 342 g/mol. The van der Waals surface area contributed by atoms with Crippen LogP contribution in [0.5, 0.6) is 5.75 Å².